The highest BCUT2D eigenvalue weighted by Gasteiger charge is 2.14. The molecule has 0 spiro atoms. The van der Waals surface area contributed by atoms with Crippen LogP contribution in [0.4, 0.5) is 0 Å². The smallest absolute Gasteiger partial charge is 0.250 e. The van der Waals surface area contributed by atoms with Gasteiger partial charge in [-0.3, -0.25) is 4.79 Å². The standard InChI is InChI=1S/C12H19NO.C8H6.HNO.2H2/c1-5-8-13-9-10(12(2,3)4)6-7-11(13)14;1-3-5-7-8-6-4-2;1-2;;/h6-7,9H,5,8H2,1-4H3;1-2H3;1H;2*1H. The Morgan fingerprint density at radius 3 is 1.92 bits per heavy atom. The molecule has 1 heterocycles. The van der Waals surface area contributed by atoms with Gasteiger partial charge in [-0.25, -0.2) is 0 Å². The first-order valence-corrected chi connectivity index (χ1v) is 7.61. The van der Waals surface area contributed by atoms with Crippen molar-refractivity contribution in [3.63, 3.8) is 0 Å². The summed E-state index contributed by atoms with van der Waals surface area (Å²) in [7, 11) is 0. The van der Waals surface area contributed by atoms with E-state index in [2.05, 4.69) is 68.8 Å². The maximum atomic E-state index is 11.5. The van der Waals surface area contributed by atoms with Crippen molar-refractivity contribution in [3.8, 4) is 35.5 Å². The molecule has 0 atom stereocenters. The molecule has 1 rings (SSSR count). The van der Waals surface area contributed by atoms with Crippen molar-refractivity contribution < 1.29 is 2.85 Å². The number of hydrogen-bond donors (Lipinski definition) is 1. The lowest BCUT2D eigenvalue weighted by Crippen LogP contribution is -2.22. The number of aromatic nitrogens is 1. The summed E-state index contributed by atoms with van der Waals surface area (Å²) in [6, 6.07) is 3.59. The Balaban J connectivity index is -0.000000176. The van der Waals surface area contributed by atoms with E-state index < -0.39 is 0 Å². The van der Waals surface area contributed by atoms with E-state index in [0.29, 0.717) is 0 Å². The third-order valence-electron chi connectivity index (χ3n) is 2.75. The summed E-state index contributed by atoms with van der Waals surface area (Å²) in [5, 5.41) is 0. The van der Waals surface area contributed by atoms with Gasteiger partial charge in [0, 0.05) is 21.7 Å². The lowest BCUT2D eigenvalue weighted by Gasteiger charge is -2.19. The predicted molar refractivity (Wildman–Crippen MR) is 105 cm³/mol. The Morgan fingerprint density at radius 2 is 1.54 bits per heavy atom. The molecule has 0 unspecified atom stereocenters. The van der Waals surface area contributed by atoms with Crippen LogP contribution in [0.2, 0.25) is 0 Å². The molecule has 0 aromatic carbocycles. The van der Waals surface area contributed by atoms with E-state index in [1.165, 1.54) is 5.56 Å². The van der Waals surface area contributed by atoms with Crippen LogP contribution in [0.5, 0.6) is 0 Å². The highest BCUT2D eigenvalue weighted by atomic mass is 16.2. The minimum Gasteiger partial charge on any atom is -0.315 e. The molecule has 0 saturated carbocycles. The summed E-state index contributed by atoms with van der Waals surface area (Å²) < 4.78 is 1.79. The Bertz CT molecular complexity index is 707. The number of nitroso groups, excluding NO2 is 1. The average Bonchev–Trinajstić information content (AvgIpc) is 2.55. The summed E-state index contributed by atoms with van der Waals surface area (Å²) in [5.41, 5.74) is 5.92. The zero-order valence-electron chi connectivity index (χ0n) is 15.4. The zero-order chi connectivity index (χ0) is 19.0. The summed E-state index contributed by atoms with van der Waals surface area (Å²) in [4.78, 5) is 19.0. The van der Waals surface area contributed by atoms with Crippen LogP contribution >= 0.6 is 0 Å². The molecule has 0 aliphatic carbocycles. The minimum atomic E-state index is 0. The quantitative estimate of drug-likeness (QED) is 0.644. The van der Waals surface area contributed by atoms with Crippen LogP contribution in [-0.2, 0) is 12.0 Å². The number of aryl methyl sites for hydroxylation is 1. The van der Waals surface area contributed by atoms with Crippen LogP contribution in [0.1, 0.15) is 56.4 Å². The second kappa shape index (κ2) is 13.9. The van der Waals surface area contributed by atoms with Gasteiger partial charge < -0.3 is 4.57 Å². The Kier molecular flexibility index (Phi) is 13.6. The third-order valence-corrected chi connectivity index (χ3v) is 2.75. The first-order valence-electron chi connectivity index (χ1n) is 7.61. The molecule has 0 saturated heterocycles. The van der Waals surface area contributed by atoms with E-state index in [4.69, 9.17) is 4.91 Å². The molecule has 0 radical (unpaired) electrons. The van der Waals surface area contributed by atoms with Gasteiger partial charge in [-0.1, -0.05) is 51.2 Å². The number of nitrogens with one attached hydrogen (secondary N) is 1. The first-order chi connectivity index (χ1) is 11.4. The van der Waals surface area contributed by atoms with Crippen molar-refractivity contribution >= 4 is 0 Å². The van der Waals surface area contributed by atoms with Crippen molar-refractivity contribution in [1.29, 1.82) is 5.59 Å². The molecule has 24 heavy (non-hydrogen) atoms. The van der Waals surface area contributed by atoms with Gasteiger partial charge in [0.1, 0.15) is 0 Å². The molecular weight excluding hydrogens is 300 g/mol. The van der Waals surface area contributed by atoms with Gasteiger partial charge in [0.25, 0.3) is 5.56 Å². The Labute approximate surface area is 148 Å². The molecule has 1 N–H and O–H groups in total. The first kappa shape index (κ1) is 23.5. The van der Waals surface area contributed by atoms with Crippen molar-refractivity contribution in [2.75, 3.05) is 0 Å². The molecule has 1 aromatic rings. The van der Waals surface area contributed by atoms with E-state index in [9.17, 15) is 4.79 Å². The highest BCUT2D eigenvalue weighted by molar-refractivity contribution is 5.34. The third kappa shape index (κ3) is 10.9. The van der Waals surface area contributed by atoms with Crippen LogP contribution in [0.25, 0.3) is 0 Å². The maximum Gasteiger partial charge on any atom is 0.250 e. The topological polar surface area (TPSA) is 62.9 Å². The van der Waals surface area contributed by atoms with Gasteiger partial charge in [-0.2, -0.15) is 4.91 Å². The largest absolute Gasteiger partial charge is 0.315 e. The number of hydrogen-bond acceptors (Lipinski definition) is 3. The molecule has 132 valence electrons. The maximum absolute atomic E-state index is 11.5. The normalized spacial score (nSPS) is 8.25. The number of pyridine rings is 1. The van der Waals surface area contributed by atoms with Crippen LogP contribution in [-0.4, -0.2) is 4.57 Å². The van der Waals surface area contributed by atoms with Crippen molar-refractivity contribution in [2.45, 2.75) is 59.9 Å². The number of nitrogens with zero attached hydrogens (tertiary/aromatic N) is 1. The fourth-order valence-electron chi connectivity index (χ4n) is 1.58. The molecular formula is C20H30N2O2. The summed E-state index contributed by atoms with van der Waals surface area (Å²) >= 11 is 0. The molecule has 0 aliphatic heterocycles. The summed E-state index contributed by atoms with van der Waals surface area (Å²) in [5.74, 6) is 15.5. The lowest BCUT2D eigenvalue weighted by atomic mass is 9.88. The second-order valence-electron chi connectivity index (χ2n) is 5.70. The van der Waals surface area contributed by atoms with E-state index in [1.807, 2.05) is 12.3 Å². The fraction of sp³-hybridized carbons (Fsp3) is 0.450. The van der Waals surface area contributed by atoms with Crippen LogP contribution in [0, 0.1) is 46.0 Å². The number of rotatable bonds is 2. The SMILES string of the molecule is CC#CC#CC#CC.CCCn1cc(C(C)(C)C)ccc1=O.N=O.[HH].[HH]. The second-order valence-corrected chi connectivity index (χ2v) is 5.70. The van der Waals surface area contributed by atoms with E-state index >= 15 is 0 Å². The predicted octanol–water partition coefficient (Wildman–Crippen LogP) is 4.42. The van der Waals surface area contributed by atoms with E-state index in [0.717, 1.165) is 13.0 Å². The van der Waals surface area contributed by atoms with Crippen LogP contribution in [0.15, 0.2) is 23.1 Å². The molecule has 4 heteroatoms. The Morgan fingerprint density at radius 1 is 1.04 bits per heavy atom. The van der Waals surface area contributed by atoms with Gasteiger partial charge in [0.05, 0.1) is 0 Å². The van der Waals surface area contributed by atoms with E-state index in [-0.39, 0.29) is 13.8 Å². The van der Waals surface area contributed by atoms with Gasteiger partial charge in [0.2, 0.25) is 0 Å². The minimum absolute atomic E-state index is 0. The zero-order valence-corrected chi connectivity index (χ0v) is 15.4. The lowest BCUT2D eigenvalue weighted by molar-refractivity contribution is 0.567. The fourth-order valence-corrected chi connectivity index (χ4v) is 1.58. The Hall–Kier alpha value is -2.77. The van der Waals surface area contributed by atoms with Crippen LogP contribution < -0.4 is 5.56 Å². The highest BCUT2D eigenvalue weighted by Crippen LogP contribution is 2.20. The van der Waals surface area contributed by atoms with Crippen LogP contribution in [0.3, 0.4) is 0 Å². The molecule has 0 amide bonds. The van der Waals surface area contributed by atoms with Gasteiger partial charge >= 0.3 is 0 Å². The van der Waals surface area contributed by atoms with Gasteiger partial charge in [-0.05, 0) is 54.9 Å². The molecule has 1 aromatic heterocycles. The summed E-state index contributed by atoms with van der Waals surface area (Å²) in [6.07, 6.45) is 2.97. The molecule has 0 fully saturated rings. The van der Waals surface area contributed by atoms with E-state index in [1.54, 1.807) is 24.5 Å². The van der Waals surface area contributed by atoms with Crippen molar-refractivity contribution in [3.05, 3.63) is 39.2 Å². The van der Waals surface area contributed by atoms with Crippen molar-refractivity contribution in [1.82, 2.24) is 4.57 Å². The molecule has 4 nitrogen and oxygen atoms in total. The van der Waals surface area contributed by atoms with Crippen molar-refractivity contribution in [2.24, 2.45) is 0 Å². The monoisotopic (exact) mass is 330 g/mol. The molecule has 0 aliphatic rings. The average molecular weight is 330 g/mol. The molecule has 0 bridgehead atoms. The van der Waals surface area contributed by atoms with Gasteiger partial charge in [0.15, 0.2) is 0 Å². The van der Waals surface area contributed by atoms with Gasteiger partial charge in [-0.15, -0.1) is 0 Å². The summed E-state index contributed by atoms with van der Waals surface area (Å²) in [6.45, 7) is 12.8.